The number of nitrogens with zero attached hydrogens (tertiary/aromatic N) is 1. The van der Waals surface area contributed by atoms with E-state index in [2.05, 4.69) is 0 Å². The molecule has 0 aromatic heterocycles. The van der Waals surface area contributed by atoms with E-state index in [9.17, 15) is 19.1 Å². The summed E-state index contributed by atoms with van der Waals surface area (Å²) in [6, 6.07) is 3.22. The molecule has 1 heterocycles. The first kappa shape index (κ1) is 13.5. The molecule has 1 unspecified atom stereocenters. The van der Waals surface area contributed by atoms with Crippen LogP contribution in [0.2, 0.25) is 0 Å². The monoisotopic (exact) mass is 265 g/mol. The highest BCUT2D eigenvalue weighted by atomic mass is 19.1. The number of hydrogen-bond donors (Lipinski definition) is 1. The zero-order chi connectivity index (χ0) is 14.0. The Balaban J connectivity index is 2.20. The first-order valence-electron chi connectivity index (χ1n) is 6.28. The van der Waals surface area contributed by atoms with E-state index in [0.717, 1.165) is 25.0 Å². The van der Waals surface area contributed by atoms with Crippen LogP contribution in [0.5, 0.6) is 5.75 Å². The van der Waals surface area contributed by atoms with Gasteiger partial charge in [0.05, 0.1) is 5.56 Å². The van der Waals surface area contributed by atoms with Crippen molar-refractivity contribution in [1.29, 1.82) is 0 Å². The summed E-state index contributed by atoms with van der Waals surface area (Å²) >= 11 is 0. The van der Waals surface area contributed by atoms with Crippen molar-refractivity contribution < 1.29 is 19.1 Å². The normalized spacial score (nSPS) is 18.6. The van der Waals surface area contributed by atoms with E-state index in [1.54, 1.807) is 4.90 Å². The van der Waals surface area contributed by atoms with Crippen molar-refractivity contribution in [3.8, 4) is 5.75 Å². The minimum Gasteiger partial charge on any atom is -0.507 e. The van der Waals surface area contributed by atoms with Crippen LogP contribution in [0.1, 0.15) is 36.5 Å². The molecule has 0 spiro atoms. The Morgan fingerprint density at radius 3 is 2.84 bits per heavy atom. The van der Waals surface area contributed by atoms with Gasteiger partial charge in [-0.15, -0.1) is 0 Å². The molecule has 0 saturated carbocycles. The van der Waals surface area contributed by atoms with Gasteiger partial charge in [-0.3, -0.25) is 9.59 Å². The second kappa shape index (κ2) is 5.38. The van der Waals surface area contributed by atoms with Crippen molar-refractivity contribution in [3.63, 3.8) is 0 Å². The van der Waals surface area contributed by atoms with Crippen LogP contribution in [0.15, 0.2) is 18.2 Å². The second-order valence-electron chi connectivity index (χ2n) is 4.86. The van der Waals surface area contributed by atoms with Crippen LogP contribution in [0.3, 0.4) is 0 Å². The molecule has 19 heavy (non-hydrogen) atoms. The maximum Gasteiger partial charge on any atom is 0.257 e. The zero-order valence-corrected chi connectivity index (χ0v) is 10.7. The van der Waals surface area contributed by atoms with Crippen molar-refractivity contribution in [2.75, 3.05) is 6.54 Å². The van der Waals surface area contributed by atoms with Gasteiger partial charge in [-0.1, -0.05) is 0 Å². The average molecular weight is 265 g/mol. The number of ketones is 1. The standard InChI is InChI=1S/C14H16FNO3/c1-9(17)7-11-3-2-6-16(11)14(19)12-5-4-10(15)8-13(12)18/h4-5,8,11,18H,2-3,6-7H2,1H3. The Hall–Kier alpha value is -1.91. The number of hydrogen-bond acceptors (Lipinski definition) is 3. The third-order valence-corrected chi connectivity index (χ3v) is 3.35. The maximum absolute atomic E-state index is 12.9. The van der Waals surface area contributed by atoms with Crippen LogP contribution in [0.4, 0.5) is 4.39 Å². The molecule has 2 rings (SSSR count). The van der Waals surface area contributed by atoms with Crippen LogP contribution in [-0.4, -0.2) is 34.3 Å². The van der Waals surface area contributed by atoms with Crippen LogP contribution >= 0.6 is 0 Å². The van der Waals surface area contributed by atoms with E-state index in [-0.39, 0.29) is 29.0 Å². The first-order valence-corrected chi connectivity index (χ1v) is 6.28. The third kappa shape index (κ3) is 2.92. The molecular weight excluding hydrogens is 249 g/mol. The predicted octanol–water partition coefficient (Wildman–Crippen LogP) is 2.12. The molecule has 0 radical (unpaired) electrons. The van der Waals surface area contributed by atoms with Gasteiger partial charge in [0.25, 0.3) is 5.91 Å². The second-order valence-corrected chi connectivity index (χ2v) is 4.86. The Labute approximate surface area is 110 Å². The van der Waals surface area contributed by atoms with Crippen molar-refractivity contribution in [3.05, 3.63) is 29.6 Å². The SMILES string of the molecule is CC(=O)CC1CCCN1C(=O)c1ccc(F)cc1O. The summed E-state index contributed by atoms with van der Waals surface area (Å²) in [5, 5.41) is 9.64. The minimum absolute atomic E-state index is 0.0352. The first-order chi connectivity index (χ1) is 8.99. The van der Waals surface area contributed by atoms with Gasteiger partial charge in [0.15, 0.2) is 0 Å². The molecular formula is C14H16FNO3. The van der Waals surface area contributed by atoms with Crippen LogP contribution < -0.4 is 0 Å². The molecule has 1 saturated heterocycles. The molecule has 1 fully saturated rings. The summed E-state index contributed by atoms with van der Waals surface area (Å²) in [4.78, 5) is 25.1. The van der Waals surface area contributed by atoms with E-state index < -0.39 is 5.82 Å². The third-order valence-electron chi connectivity index (χ3n) is 3.35. The Morgan fingerprint density at radius 2 is 2.21 bits per heavy atom. The number of carbonyl (C=O) groups excluding carboxylic acids is 2. The number of benzene rings is 1. The Bertz CT molecular complexity index is 515. The predicted molar refractivity (Wildman–Crippen MR) is 67.4 cm³/mol. The van der Waals surface area contributed by atoms with Gasteiger partial charge in [-0.25, -0.2) is 4.39 Å². The lowest BCUT2D eigenvalue weighted by Crippen LogP contribution is -2.36. The summed E-state index contributed by atoms with van der Waals surface area (Å²) in [6.07, 6.45) is 1.95. The smallest absolute Gasteiger partial charge is 0.257 e. The molecule has 0 aliphatic carbocycles. The largest absolute Gasteiger partial charge is 0.507 e. The van der Waals surface area contributed by atoms with Crippen LogP contribution in [0.25, 0.3) is 0 Å². The van der Waals surface area contributed by atoms with E-state index >= 15 is 0 Å². The van der Waals surface area contributed by atoms with Crippen molar-refractivity contribution in [2.45, 2.75) is 32.2 Å². The van der Waals surface area contributed by atoms with Crippen LogP contribution in [0, 0.1) is 5.82 Å². The number of rotatable bonds is 3. The van der Waals surface area contributed by atoms with Gasteiger partial charge in [0, 0.05) is 25.1 Å². The molecule has 1 aromatic carbocycles. The number of likely N-dealkylation sites (tertiary alicyclic amines) is 1. The molecule has 5 heteroatoms. The van der Waals surface area contributed by atoms with Crippen molar-refractivity contribution in [2.24, 2.45) is 0 Å². The highest BCUT2D eigenvalue weighted by Crippen LogP contribution is 2.26. The summed E-state index contributed by atoms with van der Waals surface area (Å²) in [6.45, 7) is 2.06. The molecule has 1 aromatic rings. The van der Waals surface area contributed by atoms with Crippen LogP contribution in [-0.2, 0) is 4.79 Å². The maximum atomic E-state index is 12.9. The zero-order valence-electron chi connectivity index (χ0n) is 10.7. The van der Waals surface area contributed by atoms with E-state index in [1.807, 2.05) is 0 Å². The Morgan fingerprint density at radius 1 is 1.47 bits per heavy atom. The number of amides is 1. The fraction of sp³-hybridized carbons (Fsp3) is 0.429. The molecule has 0 bridgehead atoms. The molecule has 1 N–H and O–H groups in total. The fourth-order valence-electron chi connectivity index (χ4n) is 2.49. The number of Topliss-reactive ketones (excluding diaryl/α,β-unsaturated/α-hetero) is 1. The van der Waals surface area contributed by atoms with Gasteiger partial charge < -0.3 is 10.0 Å². The molecule has 1 amide bonds. The fourth-order valence-corrected chi connectivity index (χ4v) is 2.49. The lowest BCUT2D eigenvalue weighted by molar-refractivity contribution is -0.117. The Kier molecular flexibility index (Phi) is 3.83. The van der Waals surface area contributed by atoms with Gasteiger partial charge in [-0.2, -0.15) is 0 Å². The topological polar surface area (TPSA) is 57.6 Å². The van der Waals surface area contributed by atoms with E-state index in [4.69, 9.17) is 0 Å². The molecule has 1 aliphatic heterocycles. The number of phenolic OH excluding ortho intramolecular Hbond substituents is 1. The molecule has 1 atom stereocenters. The highest BCUT2D eigenvalue weighted by molar-refractivity contribution is 5.97. The average Bonchev–Trinajstić information content (AvgIpc) is 2.75. The summed E-state index contributed by atoms with van der Waals surface area (Å²) < 4.78 is 12.9. The lowest BCUT2D eigenvalue weighted by atomic mass is 10.1. The highest BCUT2D eigenvalue weighted by Gasteiger charge is 2.31. The lowest BCUT2D eigenvalue weighted by Gasteiger charge is -2.24. The van der Waals surface area contributed by atoms with Gasteiger partial charge in [0.2, 0.25) is 0 Å². The number of aromatic hydroxyl groups is 1. The summed E-state index contributed by atoms with van der Waals surface area (Å²) in [7, 11) is 0. The van der Waals surface area contributed by atoms with Crippen molar-refractivity contribution >= 4 is 11.7 Å². The number of halogens is 1. The summed E-state index contributed by atoms with van der Waals surface area (Å²) in [5.41, 5.74) is 0.0804. The van der Waals surface area contributed by atoms with Gasteiger partial charge in [0.1, 0.15) is 17.3 Å². The number of phenols is 1. The van der Waals surface area contributed by atoms with Gasteiger partial charge in [-0.05, 0) is 31.9 Å². The molecule has 4 nitrogen and oxygen atoms in total. The quantitative estimate of drug-likeness (QED) is 0.910. The minimum atomic E-state index is -0.587. The molecule has 102 valence electrons. The van der Waals surface area contributed by atoms with Crippen molar-refractivity contribution in [1.82, 2.24) is 4.90 Å². The van der Waals surface area contributed by atoms with Gasteiger partial charge >= 0.3 is 0 Å². The van der Waals surface area contributed by atoms with E-state index in [0.29, 0.717) is 13.0 Å². The summed E-state index contributed by atoms with van der Waals surface area (Å²) in [5.74, 6) is -1.26. The number of carbonyl (C=O) groups is 2. The van der Waals surface area contributed by atoms with E-state index in [1.165, 1.54) is 13.0 Å². The molecule has 1 aliphatic rings.